The molecule has 194 valence electrons. The minimum Gasteiger partial charge on any atom is -0.487 e. The van der Waals surface area contributed by atoms with Crippen molar-refractivity contribution < 1.29 is 14.9 Å². The Bertz CT molecular complexity index is 1270. The number of ether oxygens (including phenoxy) is 1. The summed E-state index contributed by atoms with van der Waals surface area (Å²) in [5.41, 5.74) is 4.97. The van der Waals surface area contributed by atoms with Crippen LogP contribution in [0.3, 0.4) is 0 Å². The van der Waals surface area contributed by atoms with Crippen LogP contribution >= 0.6 is 11.6 Å². The van der Waals surface area contributed by atoms with Crippen LogP contribution in [0.4, 0.5) is 0 Å². The Morgan fingerprint density at radius 3 is 2.54 bits per heavy atom. The van der Waals surface area contributed by atoms with Gasteiger partial charge < -0.3 is 19.8 Å². The topological polar surface area (TPSA) is 65.8 Å². The van der Waals surface area contributed by atoms with Gasteiger partial charge in [-0.1, -0.05) is 41.9 Å². The Morgan fingerprint density at radius 2 is 1.84 bits per heavy atom. The Kier molecular flexibility index (Phi) is 7.42. The number of aromatic nitrogens is 1. The second-order valence-corrected chi connectivity index (χ2v) is 11.2. The monoisotopic (exact) mass is 518 g/mol. The molecule has 5 rings (SSSR count). The molecule has 2 N–H and O–H groups in total. The van der Waals surface area contributed by atoms with E-state index in [1.54, 1.807) is 20.0 Å². The standard InChI is InChI=1S/C31H35ClN2O3/c1-30(2,36)23-9-12-29-27(19-23)25(26-5-3-15-33-28(26)20-37-29)6-4-16-34-17-13-31(21-35,14-18-34)22-7-10-24(32)11-8-22/h3,5-12,15,19,35-36H,4,13-14,16-18,20-21H2,1-2H3. The van der Waals surface area contributed by atoms with Crippen LogP contribution < -0.4 is 4.74 Å². The fraction of sp³-hybridized carbons (Fsp3) is 0.387. The summed E-state index contributed by atoms with van der Waals surface area (Å²) in [6.45, 7) is 6.98. The molecule has 0 unspecified atom stereocenters. The highest BCUT2D eigenvalue weighted by Crippen LogP contribution is 2.39. The minimum absolute atomic E-state index is 0.149. The highest BCUT2D eigenvalue weighted by molar-refractivity contribution is 6.30. The first-order chi connectivity index (χ1) is 17.8. The number of pyridine rings is 1. The van der Waals surface area contributed by atoms with Crippen molar-refractivity contribution in [2.75, 3.05) is 26.2 Å². The van der Waals surface area contributed by atoms with Gasteiger partial charge in [-0.15, -0.1) is 0 Å². The number of likely N-dealkylation sites (tertiary alicyclic amines) is 1. The molecule has 3 heterocycles. The molecule has 37 heavy (non-hydrogen) atoms. The third-order valence-electron chi connectivity index (χ3n) is 7.89. The Hall–Kier alpha value is -2.70. The molecular weight excluding hydrogens is 484 g/mol. The van der Waals surface area contributed by atoms with Gasteiger partial charge in [0.25, 0.3) is 0 Å². The summed E-state index contributed by atoms with van der Waals surface area (Å²) in [5, 5.41) is 21.7. The van der Waals surface area contributed by atoms with Crippen LogP contribution in [0.2, 0.25) is 5.02 Å². The van der Waals surface area contributed by atoms with E-state index in [1.807, 2.05) is 36.4 Å². The van der Waals surface area contributed by atoms with Gasteiger partial charge in [0.2, 0.25) is 0 Å². The predicted octanol–water partition coefficient (Wildman–Crippen LogP) is 5.70. The van der Waals surface area contributed by atoms with E-state index in [0.29, 0.717) is 6.61 Å². The molecule has 5 nitrogen and oxygen atoms in total. The van der Waals surface area contributed by atoms with Gasteiger partial charge in [-0.05, 0) is 93.2 Å². The lowest BCUT2D eigenvalue weighted by Gasteiger charge is -2.41. The molecule has 6 heteroatoms. The quantitative estimate of drug-likeness (QED) is 0.438. The molecule has 2 aromatic carbocycles. The third kappa shape index (κ3) is 5.46. The van der Waals surface area contributed by atoms with Gasteiger partial charge in [-0.2, -0.15) is 0 Å². The van der Waals surface area contributed by atoms with E-state index in [9.17, 15) is 10.2 Å². The van der Waals surface area contributed by atoms with Crippen LogP contribution in [0.15, 0.2) is 66.9 Å². The fourth-order valence-electron chi connectivity index (χ4n) is 5.49. The van der Waals surface area contributed by atoms with Crippen LogP contribution in [-0.4, -0.2) is 46.3 Å². The van der Waals surface area contributed by atoms with Crippen LogP contribution in [0.25, 0.3) is 5.57 Å². The summed E-state index contributed by atoms with van der Waals surface area (Å²) >= 11 is 6.09. The molecule has 3 aromatic rings. The predicted molar refractivity (Wildman–Crippen MR) is 148 cm³/mol. The summed E-state index contributed by atoms with van der Waals surface area (Å²) in [4.78, 5) is 7.06. The number of aliphatic hydroxyl groups is 2. The molecule has 0 bridgehead atoms. The SMILES string of the molecule is CC(C)(O)c1ccc2c(c1)C(=CCCN1CCC(CO)(c3ccc(Cl)cc3)CC1)c1cccnc1CO2. The smallest absolute Gasteiger partial charge is 0.131 e. The molecular formula is C31H35ClN2O3. The van der Waals surface area contributed by atoms with E-state index >= 15 is 0 Å². The number of hydrogen-bond donors (Lipinski definition) is 2. The minimum atomic E-state index is -0.943. The number of hydrogen-bond acceptors (Lipinski definition) is 5. The zero-order valence-electron chi connectivity index (χ0n) is 21.6. The van der Waals surface area contributed by atoms with E-state index in [1.165, 1.54) is 5.56 Å². The van der Waals surface area contributed by atoms with E-state index in [-0.39, 0.29) is 12.0 Å². The Labute approximate surface area is 224 Å². The molecule has 1 saturated heterocycles. The number of halogens is 1. The van der Waals surface area contributed by atoms with Crippen molar-refractivity contribution in [3.05, 3.63) is 99.8 Å². The highest BCUT2D eigenvalue weighted by Gasteiger charge is 2.35. The van der Waals surface area contributed by atoms with Gasteiger partial charge in [-0.25, -0.2) is 0 Å². The fourth-order valence-corrected chi connectivity index (χ4v) is 5.62. The van der Waals surface area contributed by atoms with Gasteiger partial charge in [0.15, 0.2) is 0 Å². The van der Waals surface area contributed by atoms with Gasteiger partial charge in [0.1, 0.15) is 12.4 Å². The van der Waals surface area contributed by atoms with E-state index in [2.05, 4.69) is 34.2 Å². The summed E-state index contributed by atoms with van der Waals surface area (Å²) < 4.78 is 6.13. The molecule has 2 aliphatic heterocycles. The van der Waals surface area contributed by atoms with Gasteiger partial charge >= 0.3 is 0 Å². The second-order valence-electron chi connectivity index (χ2n) is 10.7. The average molecular weight is 519 g/mol. The maximum atomic E-state index is 10.6. The number of fused-ring (bicyclic) bond motifs is 2. The molecule has 0 radical (unpaired) electrons. The zero-order valence-corrected chi connectivity index (χ0v) is 22.3. The highest BCUT2D eigenvalue weighted by atomic mass is 35.5. The maximum Gasteiger partial charge on any atom is 0.131 e. The summed E-state index contributed by atoms with van der Waals surface area (Å²) in [6.07, 6.45) is 6.80. The molecule has 0 atom stereocenters. The number of piperidine rings is 1. The molecule has 1 fully saturated rings. The molecule has 0 saturated carbocycles. The lowest BCUT2D eigenvalue weighted by molar-refractivity contribution is 0.0785. The van der Waals surface area contributed by atoms with Crippen molar-refractivity contribution in [3.63, 3.8) is 0 Å². The first-order valence-electron chi connectivity index (χ1n) is 13.0. The number of benzene rings is 2. The summed E-state index contributed by atoms with van der Waals surface area (Å²) in [5.74, 6) is 0.811. The Balaban J connectivity index is 1.35. The number of aliphatic hydroxyl groups excluding tert-OH is 1. The lowest BCUT2D eigenvalue weighted by Crippen LogP contribution is -2.44. The molecule has 0 spiro atoms. The summed E-state index contributed by atoms with van der Waals surface area (Å²) in [7, 11) is 0. The molecule has 0 amide bonds. The molecule has 2 aliphatic rings. The van der Waals surface area contributed by atoms with Gasteiger partial charge in [0, 0.05) is 34.3 Å². The Morgan fingerprint density at radius 1 is 1.08 bits per heavy atom. The van der Waals surface area contributed by atoms with E-state index in [0.717, 1.165) is 77.6 Å². The number of rotatable bonds is 6. The van der Waals surface area contributed by atoms with Crippen LogP contribution in [0.5, 0.6) is 5.75 Å². The van der Waals surface area contributed by atoms with E-state index in [4.69, 9.17) is 16.3 Å². The van der Waals surface area contributed by atoms with Crippen LogP contribution in [0.1, 0.15) is 61.1 Å². The van der Waals surface area contributed by atoms with Gasteiger partial charge in [-0.3, -0.25) is 4.98 Å². The first kappa shape index (κ1) is 25.9. The molecule has 0 aliphatic carbocycles. The molecule has 1 aromatic heterocycles. The van der Waals surface area contributed by atoms with Crippen molar-refractivity contribution in [1.29, 1.82) is 0 Å². The van der Waals surface area contributed by atoms with Gasteiger partial charge in [0.05, 0.1) is 17.9 Å². The van der Waals surface area contributed by atoms with E-state index < -0.39 is 5.60 Å². The average Bonchev–Trinajstić information content (AvgIpc) is 3.06. The van der Waals surface area contributed by atoms with Crippen molar-refractivity contribution >= 4 is 17.2 Å². The van der Waals surface area contributed by atoms with Crippen LogP contribution in [-0.2, 0) is 17.6 Å². The zero-order chi connectivity index (χ0) is 26.0. The van der Waals surface area contributed by atoms with Crippen molar-refractivity contribution in [2.24, 2.45) is 0 Å². The van der Waals surface area contributed by atoms with Crippen molar-refractivity contribution in [2.45, 2.75) is 50.7 Å². The summed E-state index contributed by atoms with van der Waals surface area (Å²) in [6, 6.07) is 17.9. The maximum absolute atomic E-state index is 10.6. The third-order valence-corrected chi connectivity index (χ3v) is 8.14. The first-order valence-corrected chi connectivity index (χ1v) is 13.4. The van der Waals surface area contributed by atoms with Crippen molar-refractivity contribution in [1.82, 2.24) is 9.88 Å². The number of nitrogens with zero attached hydrogens (tertiary/aromatic N) is 2. The van der Waals surface area contributed by atoms with Crippen LogP contribution in [0, 0.1) is 0 Å². The largest absolute Gasteiger partial charge is 0.487 e. The second kappa shape index (κ2) is 10.6. The normalized spacial score (nSPS) is 18.6. The lowest BCUT2D eigenvalue weighted by atomic mass is 9.73. The van der Waals surface area contributed by atoms with Crippen molar-refractivity contribution in [3.8, 4) is 5.75 Å².